The number of anilines is 1. The zero-order valence-corrected chi connectivity index (χ0v) is 16.4. The van der Waals surface area contributed by atoms with Gasteiger partial charge in [0, 0.05) is 11.3 Å². The molecule has 25 heavy (non-hydrogen) atoms. The SMILES string of the molecule is CC(C)(C)/C=C/c1cccc(/C=C/C(C)(C)C)c1-c1ccccc1N. The molecular formula is C24H31N. The molecule has 0 heterocycles. The third-order valence-electron chi connectivity index (χ3n) is 3.88. The first-order valence-electron chi connectivity index (χ1n) is 8.93. The fourth-order valence-electron chi connectivity index (χ4n) is 2.58. The molecule has 132 valence electrons. The third kappa shape index (κ3) is 5.63. The largest absolute Gasteiger partial charge is 0.398 e. The standard InChI is InChI=1S/C24H31N/c1-23(2,3)16-14-18-10-9-11-19(15-17-24(4,5)6)22(18)20-12-7-8-13-21(20)25/h7-17H,25H2,1-6H3/b16-14+,17-15+. The van der Waals surface area contributed by atoms with Crippen LogP contribution in [0, 0.1) is 10.8 Å². The molecule has 0 aliphatic rings. The maximum absolute atomic E-state index is 6.31. The first kappa shape index (κ1) is 19.1. The van der Waals surface area contributed by atoms with Gasteiger partial charge in [0.05, 0.1) is 0 Å². The highest BCUT2D eigenvalue weighted by atomic mass is 14.6. The Labute approximate surface area is 153 Å². The molecule has 2 aromatic rings. The Kier molecular flexibility index (Phi) is 5.57. The van der Waals surface area contributed by atoms with Crippen molar-refractivity contribution in [3.8, 4) is 11.1 Å². The van der Waals surface area contributed by atoms with E-state index in [1.807, 2.05) is 18.2 Å². The molecule has 1 nitrogen and oxygen atoms in total. The van der Waals surface area contributed by atoms with E-state index in [4.69, 9.17) is 5.73 Å². The number of nitrogen functional groups attached to an aromatic ring is 1. The van der Waals surface area contributed by atoms with Crippen molar-refractivity contribution in [1.29, 1.82) is 0 Å². The van der Waals surface area contributed by atoms with Gasteiger partial charge < -0.3 is 5.73 Å². The van der Waals surface area contributed by atoms with Crippen LogP contribution < -0.4 is 5.73 Å². The number of allylic oxidation sites excluding steroid dienone is 2. The number of rotatable bonds is 3. The molecule has 0 spiro atoms. The van der Waals surface area contributed by atoms with Crippen LogP contribution in [0.1, 0.15) is 52.7 Å². The molecule has 0 saturated carbocycles. The summed E-state index contributed by atoms with van der Waals surface area (Å²) in [6.07, 6.45) is 8.94. The van der Waals surface area contributed by atoms with E-state index in [0.717, 1.165) is 11.3 Å². The van der Waals surface area contributed by atoms with Crippen LogP contribution in [0.2, 0.25) is 0 Å². The van der Waals surface area contributed by atoms with Gasteiger partial charge in [0.15, 0.2) is 0 Å². The van der Waals surface area contributed by atoms with Gasteiger partial charge in [-0.1, -0.05) is 102 Å². The monoisotopic (exact) mass is 333 g/mol. The van der Waals surface area contributed by atoms with E-state index < -0.39 is 0 Å². The van der Waals surface area contributed by atoms with Gasteiger partial charge in [-0.05, 0) is 33.6 Å². The predicted octanol–water partition coefficient (Wildman–Crippen LogP) is 7.05. The lowest BCUT2D eigenvalue weighted by Gasteiger charge is -2.17. The van der Waals surface area contributed by atoms with Gasteiger partial charge in [0.1, 0.15) is 0 Å². The van der Waals surface area contributed by atoms with Crippen LogP contribution in [0.15, 0.2) is 54.6 Å². The van der Waals surface area contributed by atoms with Gasteiger partial charge in [-0.3, -0.25) is 0 Å². The lowest BCUT2D eigenvalue weighted by atomic mass is 9.88. The summed E-state index contributed by atoms with van der Waals surface area (Å²) in [5.74, 6) is 0. The lowest BCUT2D eigenvalue weighted by molar-refractivity contribution is 0.547. The van der Waals surface area contributed by atoms with Crippen LogP contribution in [-0.2, 0) is 0 Å². The summed E-state index contributed by atoms with van der Waals surface area (Å²) in [6, 6.07) is 14.6. The molecule has 0 atom stereocenters. The molecule has 2 aromatic carbocycles. The van der Waals surface area contributed by atoms with Crippen molar-refractivity contribution in [3.63, 3.8) is 0 Å². The lowest BCUT2D eigenvalue weighted by Crippen LogP contribution is -2.00. The van der Waals surface area contributed by atoms with Crippen LogP contribution in [0.3, 0.4) is 0 Å². The van der Waals surface area contributed by atoms with Gasteiger partial charge >= 0.3 is 0 Å². The highest BCUT2D eigenvalue weighted by Gasteiger charge is 2.12. The second kappa shape index (κ2) is 7.31. The van der Waals surface area contributed by atoms with Crippen LogP contribution in [0.4, 0.5) is 5.69 Å². The fourth-order valence-corrected chi connectivity index (χ4v) is 2.58. The van der Waals surface area contributed by atoms with Gasteiger partial charge in [-0.2, -0.15) is 0 Å². The van der Waals surface area contributed by atoms with E-state index in [-0.39, 0.29) is 10.8 Å². The van der Waals surface area contributed by atoms with Gasteiger partial charge in [-0.25, -0.2) is 0 Å². The molecule has 1 heteroatoms. The summed E-state index contributed by atoms with van der Waals surface area (Å²) in [5.41, 5.74) is 12.1. The van der Waals surface area contributed by atoms with Gasteiger partial charge in [-0.15, -0.1) is 0 Å². The Morgan fingerprint density at radius 3 is 1.60 bits per heavy atom. The van der Waals surface area contributed by atoms with Crippen molar-refractivity contribution in [1.82, 2.24) is 0 Å². The highest BCUT2D eigenvalue weighted by Crippen LogP contribution is 2.35. The van der Waals surface area contributed by atoms with E-state index in [2.05, 4.69) is 90.1 Å². The van der Waals surface area contributed by atoms with Gasteiger partial charge in [0.25, 0.3) is 0 Å². The van der Waals surface area contributed by atoms with Crippen molar-refractivity contribution < 1.29 is 0 Å². The minimum absolute atomic E-state index is 0.136. The normalized spacial score (nSPS) is 13.0. The van der Waals surface area contributed by atoms with Gasteiger partial charge in [0.2, 0.25) is 0 Å². The maximum atomic E-state index is 6.31. The van der Waals surface area contributed by atoms with Crippen molar-refractivity contribution in [2.24, 2.45) is 10.8 Å². The summed E-state index contributed by atoms with van der Waals surface area (Å²) in [4.78, 5) is 0. The number of hydrogen-bond donors (Lipinski definition) is 1. The van der Waals surface area contributed by atoms with Crippen molar-refractivity contribution >= 4 is 17.8 Å². The molecule has 0 aliphatic heterocycles. The summed E-state index contributed by atoms with van der Waals surface area (Å²) in [6.45, 7) is 13.3. The second-order valence-electron chi connectivity index (χ2n) is 8.80. The molecule has 0 aliphatic carbocycles. The zero-order chi connectivity index (χ0) is 18.7. The second-order valence-corrected chi connectivity index (χ2v) is 8.80. The molecule has 0 unspecified atom stereocenters. The Morgan fingerprint density at radius 1 is 0.680 bits per heavy atom. The molecule has 0 saturated heterocycles. The molecule has 0 bridgehead atoms. The Morgan fingerprint density at radius 2 is 1.16 bits per heavy atom. The number of benzene rings is 2. The molecule has 0 aromatic heterocycles. The summed E-state index contributed by atoms with van der Waals surface area (Å²) >= 11 is 0. The average Bonchev–Trinajstić information content (AvgIpc) is 2.50. The molecule has 0 amide bonds. The fraction of sp³-hybridized carbons (Fsp3) is 0.333. The summed E-state index contributed by atoms with van der Waals surface area (Å²) in [5, 5.41) is 0. The highest BCUT2D eigenvalue weighted by molar-refractivity contribution is 5.88. The van der Waals surface area contributed by atoms with E-state index in [0.29, 0.717) is 0 Å². The van der Waals surface area contributed by atoms with Crippen molar-refractivity contribution in [2.75, 3.05) is 5.73 Å². The average molecular weight is 334 g/mol. The molecule has 2 rings (SSSR count). The van der Waals surface area contributed by atoms with Crippen molar-refractivity contribution in [3.05, 3.63) is 65.7 Å². The van der Waals surface area contributed by atoms with E-state index in [9.17, 15) is 0 Å². The minimum Gasteiger partial charge on any atom is -0.398 e. The minimum atomic E-state index is 0.136. The first-order valence-corrected chi connectivity index (χ1v) is 8.93. The predicted molar refractivity (Wildman–Crippen MR) is 113 cm³/mol. The van der Waals surface area contributed by atoms with Crippen LogP contribution in [-0.4, -0.2) is 0 Å². The van der Waals surface area contributed by atoms with E-state index in [1.165, 1.54) is 16.7 Å². The Balaban J connectivity index is 2.67. The molecule has 2 N–H and O–H groups in total. The van der Waals surface area contributed by atoms with Crippen molar-refractivity contribution in [2.45, 2.75) is 41.5 Å². The third-order valence-corrected chi connectivity index (χ3v) is 3.88. The smallest absolute Gasteiger partial charge is 0.0394 e. The topological polar surface area (TPSA) is 26.0 Å². The summed E-state index contributed by atoms with van der Waals surface area (Å²) < 4.78 is 0. The molecule has 0 radical (unpaired) electrons. The Hall–Kier alpha value is -2.28. The van der Waals surface area contributed by atoms with E-state index in [1.54, 1.807) is 0 Å². The van der Waals surface area contributed by atoms with Crippen LogP contribution in [0.25, 0.3) is 23.3 Å². The Bertz CT molecular complexity index is 738. The molecule has 0 fully saturated rings. The van der Waals surface area contributed by atoms with Crippen LogP contribution in [0.5, 0.6) is 0 Å². The summed E-state index contributed by atoms with van der Waals surface area (Å²) in [7, 11) is 0. The quantitative estimate of drug-likeness (QED) is 0.598. The maximum Gasteiger partial charge on any atom is 0.0394 e. The number of hydrogen-bond acceptors (Lipinski definition) is 1. The zero-order valence-electron chi connectivity index (χ0n) is 16.4. The number of nitrogens with two attached hydrogens (primary N) is 1. The molecular weight excluding hydrogens is 302 g/mol. The number of para-hydroxylation sites is 1. The van der Waals surface area contributed by atoms with E-state index >= 15 is 0 Å². The van der Waals surface area contributed by atoms with Crippen LogP contribution >= 0.6 is 0 Å². The first-order chi connectivity index (χ1) is 11.6.